The van der Waals surface area contributed by atoms with E-state index < -0.39 is 12.6 Å². The maximum absolute atomic E-state index is 12.5. The van der Waals surface area contributed by atoms with Gasteiger partial charge in [-0.25, -0.2) is 4.79 Å². The maximum atomic E-state index is 12.5. The highest BCUT2D eigenvalue weighted by Gasteiger charge is 2.14. The van der Waals surface area contributed by atoms with Crippen LogP contribution in [0, 0.1) is 20.8 Å². The van der Waals surface area contributed by atoms with Gasteiger partial charge in [-0.05, 0) is 82.0 Å². The number of rotatable bonds is 10. The lowest BCUT2D eigenvalue weighted by molar-refractivity contribution is -0.139. The Labute approximate surface area is 190 Å². The molecule has 0 radical (unpaired) electrons. The number of aryl methyl sites for hydroxylation is 3. The van der Waals surface area contributed by atoms with Crippen molar-refractivity contribution in [1.82, 2.24) is 4.90 Å². The first-order valence-electron chi connectivity index (χ1n) is 10.8. The fourth-order valence-electron chi connectivity index (χ4n) is 3.65. The van der Waals surface area contributed by atoms with Gasteiger partial charge in [0.05, 0.1) is 0 Å². The van der Waals surface area contributed by atoms with Gasteiger partial charge in [-0.1, -0.05) is 23.8 Å². The number of carboxylic acids is 1. The third-order valence-electron chi connectivity index (χ3n) is 5.30. The quantitative estimate of drug-likeness (QED) is 0.532. The Hall–Kier alpha value is -3.28. The van der Waals surface area contributed by atoms with Gasteiger partial charge in [0.2, 0.25) is 5.91 Å². The van der Waals surface area contributed by atoms with E-state index in [-0.39, 0.29) is 5.91 Å². The van der Waals surface area contributed by atoms with E-state index >= 15 is 0 Å². The van der Waals surface area contributed by atoms with Crippen LogP contribution in [0.25, 0.3) is 6.08 Å². The topological polar surface area (TPSA) is 76.1 Å². The van der Waals surface area contributed by atoms with Crippen LogP contribution < -0.4 is 9.47 Å². The van der Waals surface area contributed by atoms with Crippen molar-refractivity contribution in [2.45, 2.75) is 48.1 Å². The molecule has 0 atom stereocenters. The lowest BCUT2D eigenvalue weighted by atomic mass is 10.0. The molecule has 172 valence electrons. The molecule has 0 aliphatic carbocycles. The van der Waals surface area contributed by atoms with Crippen molar-refractivity contribution in [1.29, 1.82) is 0 Å². The molecule has 0 aliphatic heterocycles. The minimum Gasteiger partial charge on any atom is -0.485 e. The van der Waals surface area contributed by atoms with E-state index in [1.54, 1.807) is 30.0 Å². The summed E-state index contributed by atoms with van der Waals surface area (Å²) in [5.74, 6) is -0.328. The van der Waals surface area contributed by atoms with Crippen LogP contribution in [0.4, 0.5) is 0 Å². The van der Waals surface area contributed by atoms with Gasteiger partial charge in [-0.3, -0.25) is 4.79 Å². The third kappa shape index (κ3) is 6.61. The van der Waals surface area contributed by atoms with Gasteiger partial charge < -0.3 is 19.5 Å². The van der Waals surface area contributed by atoms with Crippen LogP contribution in [0.1, 0.15) is 48.6 Å². The molecule has 0 heterocycles. The van der Waals surface area contributed by atoms with Gasteiger partial charge in [0.15, 0.2) is 18.1 Å². The van der Waals surface area contributed by atoms with E-state index in [4.69, 9.17) is 14.6 Å². The molecule has 0 bridgehead atoms. The summed E-state index contributed by atoms with van der Waals surface area (Å²) in [6.45, 7) is 12.9. The van der Waals surface area contributed by atoms with Gasteiger partial charge in [0, 0.05) is 18.7 Å². The molecule has 0 saturated carbocycles. The lowest BCUT2D eigenvalue weighted by Gasteiger charge is -2.19. The minimum absolute atomic E-state index is 0.0337. The van der Waals surface area contributed by atoms with E-state index in [1.165, 1.54) is 5.56 Å². The Balaban J connectivity index is 2.31. The lowest BCUT2D eigenvalue weighted by Crippen LogP contribution is -2.30. The molecule has 0 saturated heterocycles. The second-order valence-corrected chi connectivity index (χ2v) is 7.86. The standard InChI is InChI=1S/C26H33NO5/c1-7-27(8-2)26(30)20(6)13-21-9-10-23(24(14-21)32-16-25(28)29)31-15-22-18(4)11-17(3)12-19(22)5/h9-14H,7-8,15-16H2,1-6H3,(H,28,29)/b20-13-. The number of carboxylic acid groups (broad SMARTS) is 1. The smallest absolute Gasteiger partial charge is 0.341 e. The average Bonchev–Trinajstić information content (AvgIpc) is 2.73. The van der Waals surface area contributed by atoms with Crippen LogP contribution in [0.15, 0.2) is 35.9 Å². The molecule has 2 aromatic carbocycles. The summed E-state index contributed by atoms with van der Waals surface area (Å²) < 4.78 is 11.5. The van der Waals surface area contributed by atoms with Gasteiger partial charge >= 0.3 is 5.97 Å². The molecule has 2 rings (SSSR count). The first-order valence-corrected chi connectivity index (χ1v) is 10.8. The molecule has 0 spiro atoms. The molecule has 6 nitrogen and oxygen atoms in total. The zero-order valence-electron chi connectivity index (χ0n) is 19.8. The number of carbonyl (C=O) groups excluding carboxylic acids is 1. The molecular weight excluding hydrogens is 406 g/mol. The largest absolute Gasteiger partial charge is 0.485 e. The number of nitrogens with zero attached hydrogens (tertiary/aromatic N) is 1. The van der Waals surface area contributed by atoms with Crippen molar-refractivity contribution in [2.75, 3.05) is 19.7 Å². The van der Waals surface area contributed by atoms with Crippen LogP contribution >= 0.6 is 0 Å². The van der Waals surface area contributed by atoms with Crippen molar-refractivity contribution in [3.8, 4) is 11.5 Å². The molecule has 2 aromatic rings. The van der Waals surface area contributed by atoms with E-state index in [0.29, 0.717) is 36.8 Å². The molecule has 1 N–H and O–H groups in total. The number of amides is 1. The molecule has 6 heteroatoms. The van der Waals surface area contributed by atoms with E-state index in [9.17, 15) is 9.59 Å². The second kappa shape index (κ2) is 11.4. The number of aliphatic carboxylic acids is 1. The highest BCUT2D eigenvalue weighted by molar-refractivity contribution is 5.97. The summed E-state index contributed by atoms with van der Waals surface area (Å²) in [5, 5.41) is 9.05. The van der Waals surface area contributed by atoms with Crippen LogP contribution in [-0.2, 0) is 16.2 Å². The Bertz CT molecular complexity index is 982. The number of hydrogen-bond acceptors (Lipinski definition) is 4. The van der Waals surface area contributed by atoms with Crippen molar-refractivity contribution in [3.63, 3.8) is 0 Å². The molecule has 1 amide bonds. The fraction of sp³-hybridized carbons (Fsp3) is 0.385. The number of carbonyl (C=O) groups is 2. The van der Waals surface area contributed by atoms with Crippen molar-refractivity contribution in [3.05, 3.63) is 63.7 Å². The summed E-state index contributed by atoms with van der Waals surface area (Å²) in [7, 11) is 0. The van der Waals surface area contributed by atoms with E-state index in [0.717, 1.165) is 22.3 Å². The van der Waals surface area contributed by atoms with Crippen LogP contribution in [0.3, 0.4) is 0 Å². The van der Waals surface area contributed by atoms with Crippen molar-refractivity contribution < 1.29 is 24.2 Å². The third-order valence-corrected chi connectivity index (χ3v) is 5.30. The molecule has 0 fully saturated rings. The predicted molar refractivity (Wildman–Crippen MR) is 126 cm³/mol. The summed E-state index contributed by atoms with van der Waals surface area (Å²) >= 11 is 0. The predicted octanol–water partition coefficient (Wildman–Crippen LogP) is 4.93. The van der Waals surface area contributed by atoms with Crippen LogP contribution in [0.5, 0.6) is 11.5 Å². The summed E-state index contributed by atoms with van der Waals surface area (Å²) in [5.41, 5.74) is 5.89. The van der Waals surface area contributed by atoms with Gasteiger partial charge in [-0.2, -0.15) is 0 Å². The zero-order chi connectivity index (χ0) is 23.8. The van der Waals surface area contributed by atoms with E-state index in [2.05, 4.69) is 19.1 Å². The Morgan fingerprint density at radius 1 is 0.969 bits per heavy atom. The van der Waals surface area contributed by atoms with Crippen LogP contribution in [-0.4, -0.2) is 41.6 Å². The first-order chi connectivity index (χ1) is 15.2. The normalized spacial score (nSPS) is 11.2. The van der Waals surface area contributed by atoms with Crippen molar-refractivity contribution >= 4 is 18.0 Å². The van der Waals surface area contributed by atoms with E-state index in [1.807, 2.05) is 33.8 Å². The molecule has 0 unspecified atom stereocenters. The summed E-state index contributed by atoms with van der Waals surface area (Å²) in [6.07, 6.45) is 1.77. The second-order valence-electron chi connectivity index (χ2n) is 7.86. The monoisotopic (exact) mass is 439 g/mol. The summed E-state index contributed by atoms with van der Waals surface area (Å²) in [4.78, 5) is 25.3. The van der Waals surface area contributed by atoms with Gasteiger partial charge in [-0.15, -0.1) is 0 Å². The molecule has 32 heavy (non-hydrogen) atoms. The van der Waals surface area contributed by atoms with Crippen LogP contribution in [0.2, 0.25) is 0 Å². The highest BCUT2D eigenvalue weighted by Crippen LogP contribution is 2.31. The van der Waals surface area contributed by atoms with Crippen molar-refractivity contribution in [2.24, 2.45) is 0 Å². The fourth-order valence-corrected chi connectivity index (χ4v) is 3.65. The minimum atomic E-state index is -1.07. The van der Waals surface area contributed by atoms with Gasteiger partial charge in [0.1, 0.15) is 6.61 Å². The average molecular weight is 440 g/mol. The SMILES string of the molecule is CCN(CC)C(=O)/C(C)=C\c1ccc(OCc2c(C)cc(C)cc2C)c(OCC(=O)O)c1. The Morgan fingerprint density at radius 2 is 1.59 bits per heavy atom. The molecular formula is C26H33NO5. The number of likely N-dealkylation sites (N-methyl/N-ethyl adjacent to an activating group) is 1. The molecule has 0 aromatic heterocycles. The Kier molecular flexibility index (Phi) is 8.88. The Morgan fingerprint density at radius 3 is 2.16 bits per heavy atom. The van der Waals surface area contributed by atoms with Gasteiger partial charge in [0.25, 0.3) is 0 Å². The molecule has 0 aliphatic rings. The first kappa shape index (κ1) is 25.0. The summed E-state index contributed by atoms with van der Waals surface area (Å²) in [6, 6.07) is 9.49. The zero-order valence-corrected chi connectivity index (χ0v) is 19.8. The number of hydrogen-bond donors (Lipinski definition) is 1. The highest BCUT2D eigenvalue weighted by atomic mass is 16.5. The number of benzene rings is 2. The number of ether oxygens (including phenoxy) is 2. The maximum Gasteiger partial charge on any atom is 0.341 e.